The Labute approximate surface area is 83.7 Å². The van der Waals surface area contributed by atoms with E-state index in [0.717, 1.165) is 0 Å². The highest BCUT2D eigenvalue weighted by Gasteiger charge is 2.18. The minimum absolute atomic E-state index is 0.262. The normalized spacial score (nSPS) is 11.6. The number of rotatable bonds is 3. The molecule has 4 heteroatoms. The molecule has 0 N–H and O–H groups in total. The van der Waals surface area contributed by atoms with Crippen LogP contribution in [-0.2, 0) is 9.84 Å². The summed E-state index contributed by atoms with van der Waals surface area (Å²) in [4.78, 5) is 10.6. The average Bonchev–Trinajstić information content (AvgIpc) is 2.17. The van der Waals surface area contributed by atoms with Crippen molar-refractivity contribution < 1.29 is 13.2 Å². The molecule has 0 fully saturated rings. The smallest absolute Gasteiger partial charge is 0.180 e. The lowest BCUT2D eigenvalue weighted by molar-refractivity contribution is 0.112. The molecule has 0 aromatic heterocycles. The molecule has 1 rings (SSSR count). The lowest BCUT2D eigenvalue weighted by Crippen LogP contribution is -2.13. The zero-order valence-corrected chi connectivity index (χ0v) is 8.91. The molecule has 0 aliphatic rings. The second-order valence-corrected chi connectivity index (χ2v) is 5.78. The van der Waals surface area contributed by atoms with Gasteiger partial charge in [0.05, 0.1) is 10.1 Å². The SMILES string of the molecule is CC(C)S(=O)(=O)c1ccc(C=O)cc1. The van der Waals surface area contributed by atoms with Crippen LogP contribution in [0.1, 0.15) is 24.2 Å². The van der Waals surface area contributed by atoms with Gasteiger partial charge in [-0.15, -0.1) is 0 Å². The summed E-state index contributed by atoms with van der Waals surface area (Å²) in [5.74, 6) is 0. The number of aldehydes is 1. The molecule has 1 aromatic rings. The van der Waals surface area contributed by atoms with Crippen LogP contribution in [0.5, 0.6) is 0 Å². The van der Waals surface area contributed by atoms with Gasteiger partial charge in [-0.25, -0.2) is 8.42 Å². The molecule has 0 atom stereocenters. The summed E-state index contributed by atoms with van der Waals surface area (Å²) in [5.41, 5.74) is 0.479. The van der Waals surface area contributed by atoms with Gasteiger partial charge < -0.3 is 0 Å². The topological polar surface area (TPSA) is 51.2 Å². The van der Waals surface area contributed by atoms with Crippen LogP contribution in [0.15, 0.2) is 29.2 Å². The lowest BCUT2D eigenvalue weighted by Gasteiger charge is -2.07. The quantitative estimate of drug-likeness (QED) is 0.716. The predicted octanol–water partition coefficient (Wildman–Crippen LogP) is 1.68. The molecular weight excluding hydrogens is 200 g/mol. The van der Waals surface area contributed by atoms with Crippen LogP contribution >= 0.6 is 0 Å². The van der Waals surface area contributed by atoms with Crippen molar-refractivity contribution in [2.24, 2.45) is 0 Å². The first-order chi connectivity index (χ1) is 6.48. The second-order valence-electron chi connectivity index (χ2n) is 3.28. The number of benzene rings is 1. The number of hydrogen-bond donors (Lipinski definition) is 0. The van der Waals surface area contributed by atoms with Gasteiger partial charge in [0, 0.05) is 5.56 Å². The average molecular weight is 212 g/mol. The van der Waals surface area contributed by atoms with Gasteiger partial charge >= 0.3 is 0 Å². The van der Waals surface area contributed by atoms with Crippen molar-refractivity contribution in [2.75, 3.05) is 0 Å². The molecular formula is C10H12O3S. The summed E-state index contributed by atoms with van der Waals surface area (Å²) < 4.78 is 23.3. The minimum atomic E-state index is -3.22. The maximum absolute atomic E-state index is 11.6. The summed E-state index contributed by atoms with van der Waals surface area (Å²) in [6, 6.07) is 5.92. The van der Waals surface area contributed by atoms with Crippen LogP contribution in [0.2, 0.25) is 0 Å². The largest absolute Gasteiger partial charge is 0.298 e. The first-order valence-electron chi connectivity index (χ1n) is 4.27. The molecule has 0 aliphatic heterocycles. The molecule has 0 amide bonds. The van der Waals surface area contributed by atoms with Crippen LogP contribution in [-0.4, -0.2) is 20.0 Å². The van der Waals surface area contributed by atoms with Gasteiger partial charge in [0.2, 0.25) is 0 Å². The molecule has 3 nitrogen and oxygen atoms in total. The first kappa shape index (κ1) is 10.9. The summed E-state index contributed by atoms with van der Waals surface area (Å²) in [5, 5.41) is -0.440. The van der Waals surface area contributed by atoms with Gasteiger partial charge in [0.25, 0.3) is 0 Å². The van der Waals surface area contributed by atoms with E-state index in [-0.39, 0.29) is 4.90 Å². The third-order valence-corrected chi connectivity index (χ3v) is 4.14. The van der Waals surface area contributed by atoms with E-state index in [1.54, 1.807) is 13.8 Å². The summed E-state index contributed by atoms with van der Waals surface area (Å²) in [6.07, 6.45) is 0.686. The van der Waals surface area contributed by atoms with Crippen molar-refractivity contribution in [3.63, 3.8) is 0 Å². The maximum Gasteiger partial charge on any atom is 0.180 e. The van der Waals surface area contributed by atoms with Crippen molar-refractivity contribution >= 4 is 16.1 Å². The highest BCUT2D eigenvalue weighted by atomic mass is 32.2. The molecule has 1 aromatic carbocycles. The third-order valence-electron chi connectivity index (χ3n) is 1.97. The number of sulfone groups is 1. The zero-order valence-electron chi connectivity index (χ0n) is 8.10. The highest BCUT2D eigenvalue weighted by Crippen LogP contribution is 2.15. The van der Waals surface area contributed by atoms with Gasteiger partial charge in [0.1, 0.15) is 6.29 Å². The fourth-order valence-electron chi connectivity index (χ4n) is 1.01. The summed E-state index contributed by atoms with van der Waals surface area (Å²) in [6.45, 7) is 3.26. The Morgan fingerprint density at radius 2 is 1.64 bits per heavy atom. The number of carbonyl (C=O) groups is 1. The Morgan fingerprint density at radius 1 is 1.14 bits per heavy atom. The van der Waals surface area contributed by atoms with Crippen LogP contribution in [0.25, 0.3) is 0 Å². The van der Waals surface area contributed by atoms with E-state index in [9.17, 15) is 13.2 Å². The van der Waals surface area contributed by atoms with E-state index in [2.05, 4.69) is 0 Å². The van der Waals surface area contributed by atoms with E-state index >= 15 is 0 Å². The number of hydrogen-bond acceptors (Lipinski definition) is 3. The Kier molecular flexibility index (Phi) is 3.06. The van der Waals surface area contributed by atoms with Gasteiger partial charge in [0.15, 0.2) is 9.84 Å². The summed E-state index contributed by atoms with van der Waals surface area (Å²) >= 11 is 0. The van der Waals surface area contributed by atoms with E-state index in [1.165, 1.54) is 24.3 Å². The van der Waals surface area contributed by atoms with E-state index < -0.39 is 15.1 Å². The fourth-order valence-corrected chi connectivity index (χ4v) is 2.07. The first-order valence-corrected chi connectivity index (χ1v) is 5.82. The van der Waals surface area contributed by atoms with E-state index in [4.69, 9.17) is 0 Å². The van der Waals surface area contributed by atoms with Gasteiger partial charge in [-0.3, -0.25) is 4.79 Å². The molecule has 0 spiro atoms. The zero-order chi connectivity index (χ0) is 10.8. The van der Waals surface area contributed by atoms with E-state index in [0.29, 0.717) is 11.8 Å². The Morgan fingerprint density at radius 3 is 2.00 bits per heavy atom. The molecule has 0 saturated carbocycles. The Balaban J connectivity index is 3.16. The molecule has 0 saturated heterocycles. The lowest BCUT2D eigenvalue weighted by atomic mass is 10.2. The van der Waals surface area contributed by atoms with Crippen molar-refractivity contribution in [1.29, 1.82) is 0 Å². The molecule has 0 heterocycles. The maximum atomic E-state index is 11.6. The van der Waals surface area contributed by atoms with Crippen molar-refractivity contribution in [2.45, 2.75) is 24.0 Å². The van der Waals surface area contributed by atoms with Crippen LogP contribution in [0.3, 0.4) is 0 Å². The van der Waals surface area contributed by atoms with Crippen LogP contribution in [0.4, 0.5) is 0 Å². The predicted molar refractivity (Wildman–Crippen MR) is 54.2 cm³/mol. The Bertz CT molecular complexity index is 415. The standard InChI is InChI=1S/C10H12O3S/c1-8(2)14(12,13)10-5-3-9(7-11)4-6-10/h3-8H,1-2H3. The molecule has 0 aliphatic carbocycles. The molecule has 0 radical (unpaired) electrons. The van der Waals surface area contributed by atoms with Gasteiger partial charge in [-0.2, -0.15) is 0 Å². The number of carbonyl (C=O) groups excluding carboxylic acids is 1. The van der Waals surface area contributed by atoms with Crippen molar-refractivity contribution in [3.8, 4) is 0 Å². The Hall–Kier alpha value is -1.16. The highest BCUT2D eigenvalue weighted by molar-refractivity contribution is 7.92. The van der Waals surface area contributed by atoms with Crippen molar-refractivity contribution in [1.82, 2.24) is 0 Å². The molecule has 0 bridgehead atoms. The van der Waals surface area contributed by atoms with Crippen LogP contribution < -0.4 is 0 Å². The van der Waals surface area contributed by atoms with Gasteiger partial charge in [-0.1, -0.05) is 12.1 Å². The fraction of sp³-hybridized carbons (Fsp3) is 0.300. The van der Waals surface area contributed by atoms with E-state index in [1.807, 2.05) is 0 Å². The minimum Gasteiger partial charge on any atom is -0.298 e. The summed E-state index contributed by atoms with van der Waals surface area (Å²) in [7, 11) is -3.22. The molecule has 14 heavy (non-hydrogen) atoms. The molecule has 76 valence electrons. The molecule has 0 unspecified atom stereocenters. The monoisotopic (exact) mass is 212 g/mol. The van der Waals surface area contributed by atoms with Gasteiger partial charge in [-0.05, 0) is 26.0 Å². The third kappa shape index (κ3) is 2.01. The van der Waals surface area contributed by atoms with Crippen molar-refractivity contribution in [3.05, 3.63) is 29.8 Å². The second kappa shape index (κ2) is 3.92. The van der Waals surface area contributed by atoms with Crippen LogP contribution in [0, 0.1) is 0 Å².